The van der Waals surface area contributed by atoms with Crippen LogP contribution in [0.3, 0.4) is 0 Å². The maximum absolute atomic E-state index is 12.9. The Morgan fingerprint density at radius 2 is 2.11 bits per heavy atom. The lowest BCUT2D eigenvalue weighted by Crippen LogP contribution is -2.40. The van der Waals surface area contributed by atoms with Crippen molar-refractivity contribution in [3.63, 3.8) is 0 Å². The molecule has 1 aromatic heterocycles. The van der Waals surface area contributed by atoms with Gasteiger partial charge in [-0.05, 0) is 38.8 Å². The van der Waals surface area contributed by atoms with Gasteiger partial charge >= 0.3 is 5.69 Å². The zero-order chi connectivity index (χ0) is 20.6. The maximum atomic E-state index is 12.9. The van der Waals surface area contributed by atoms with Crippen molar-refractivity contribution < 1.29 is 9.72 Å². The minimum Gasteiger partial charge on any atom is -0.338 e. The standard InChI is InChI=1S/C18H22ClN5O4/c1-11(2)23-16(20-21(3)18(23)26)13-5-4-8-22(10-13)17(25)12-6-7-14(19)15(9-12)24(27)28/h6-7,9,11,13H,4-5,8,10H2,1-3H3. The van der Waals surface area contributed by atoms with E-state index in [-0.39, 0.29) is 39.8 Å². The summed E-state index contributed by atoms with van der Waals surface area (Å²) in [6.07, 6.45) is 1.57. The fourth-order valence-corrected chi connectivity index (χ4v) is 3.79. The third-order valence-electron chi connectivity index (χ3n) is 4.96. The van der Waals surface area contributed by atoms with Crippen LogP contribution in [-0.4, -0.2) is 43.2 Å². The fraction of sp³-hybridized carbons (Fsp3) is 0.500. The largest absolute Gasteiger partial charge is 0.345 e. The lowest BCUT2D eigenvalue weighted by Gasteiger charge is -2.32. The molecule has 2 heterocycles. The van der Waals surface area contributed by atoms with Gasteiger partial charge in [0.1, 0.15) is 10.8 Å². The number of aromatic nitrogens is 3. The molecule has 1 aliphatic heterocycles. The monoisotopic (exact) mass is 407 g/mol. The number of carbonyl (C=O) groups excluding carboxylic acids is 1. The molecule has 9 nitrogen and oxygen atoms in total. The van der Waals surface area contributed by atoms with Gasteiger partial charge in [-0.2, -0.15) is 5.10 Å². The number of carbonyl (C=O) groups is 1. The van der Waals surface area contributed by atoms with Gasteiger partial charge in [0.05, 0.1) is 4.92 Å². The van der Waals surface area contributed by atoms with Gasteiger partial charge in [-0.1, -0.05) is 11.6 Å². The maximum Gasteiger partial charge on any atom is 0.345 e. The molecule has 28 heavy (non-hydrogen) atoms. The Morgan fingerprint density at radius 1 is 1.39 bits per heavy atom. The molecule has 10 heteroatoms. The summed E-state index contributed by atoms with van der Waals surface area (Å²) < 4.78 is 2.98. The van der Waals surface area contributed by atoms with E-state index in [9.17, 15) is 19.7 Å². The van der Waals surface area contributed by atoms with Crippen LogP contribution >= 0.6 is 11.6 Å². The number of nitro groups is 1. The molecule has 0 N–H and O–H groups in total. The van der Waals surface area contributed by atoms with E-state index in [4.69, 9.17) is 11.6 Å². The van der Waals surface area contributed by atoms with Crippen LogP contribution in [0.2, 0.25) is 5.02 Å². The second-order valence-electron chi connectivity index (χ2n) is 7.24. The van der Waals surface area contributed by atoms with Crippen LogP contribution in [0.4, 0.5) is 5.69 Å². The van der Waals surface area contributed by atoms with Crippen molar-refractivity contribution in [1.82, 2.24) is 19.2 Å². The third kappa shape index (κ3) is 3.66. The van der Waals surface area contributed by atoms with E-state index in [1.807, 2.05) is 13.8 Å². The minimum absolute atomic E-state index is 0.00694. The van der Waals surface area contributed by atoms with Crippen LogP contribution in [0.15, 0.2) is 23.0 Å². The Hall–Kier alpha value is -2.68. The summed E-state index contributed by atoms with van der Waals surface area (Å²) in [4.78, 5) is 37.4. The Balaban J connectivity index is 1.87. The molecule has 1 aromatic carbocycles. The number of amides is 1. The molecule has 0 saturated carbocycles. The van der Waals surface area contributed by atoms with Gasteiger partial charge in [-0.25, -0.2) is 9.48 Å². The molecular weight excluding hydrogens is 386 g/mol. The van der Waals surface area contributed by atoms with E-state index in [2.05, 4.69) is 5.10 Å². The van der Waals surface area contributed by atoms with Gasteiger partial charge in [0.2, 0.25) is 0 Å². The molecule has 0 aliphatic carbocycles. The van der Waals surface area contributed by atoms with Crippen LogP contribution in [0.25, 0.3) is 0 Å². The Kier molecular flexibility index (Phi) is 5.55. The average molecular weight is 408 g/mol. The molecule has 0 spiro atoms. The van der Waals surface area contributed by atoms with Crippen LogP contribution in [0.5, 0.6) is 0 Å². The van der Waals surface area contributed by atoms with Crippen molar-refractivity contribution in [3.8, 4) is 0 Å². The molecule has 3 rings (SSSR count). The SMILES string of the molecule is CC(C)n1c(C2CCCN(C(=O)c3ccc(Cl)c([N+](=O)[O-])c3)C2)nn(C)c1=O. The Morgan fingerprint density at radius 3 is 2.75 bits per heavy atom. The summed E-state index contributed by atoms with van der Waals surface area (Å²) in [6.45, 7) is 4.79. The number of nitrogens with zero attached hydrogens (tertiary/aromatic N) is 5. The van der Waals surface area contributed by atoms with Crippen molar-refractivity contribution >= 4 is 23.2 Å². The number of hydrogen-bond acceptors (Lipinski definition) is 5. The van der Waals surface area contributed by atoms with Gasteiger partial charge in [-0.3, -0.25) is 19.5 Å². The molecule has 1 unspecified atom stereocenters. The van der Waals surface area contributed by atoms with Crippen molar-refractivity contribution in [3.05, 3.63) is 55.2 Å². The molecule has 1 atom stereocenters. The zero-order valence-corrected chi connectivity index (χ0v) is 16.7. The zero-order valence-electron chi connectivity index (χ0n) is 16.0. The van der Waals surface area contributed by atoms with Gasteiger partial charge < -0.3 is 4.90 Å². The predicted octanol–water partition coefficient (Wildman–Crippen LogP) is 2.74. The van der Waals surface area contributed by atoms with Crippen LogP contribution < -0.4 is 5.69 Å². The molecule has 0 radical (unpaired) electrons. The highest BCUT2D eigenvalue weighted by Gasteiger charge is 2.31. The molecular formula is C18H22ClN5O4. The fourth-order valence-electron chi connectivity index (χ4n) is 3.60. The molecule has 1 fully saturated rings. The first kappa shape index (κ1) is 20.1. The second-order valence-corrected chi connectivity index (χ2v) is 7.65. The number of hydrogen-bond donors (Lipinski definition) is 0. The highest BCUT2D eigenvalue weighted by molar-refractivity contribution is 6.32. The van der Waals surface area contributed by atoms with Gasteiger partial charge in [-0.15, -0.1) is 0 Å². The van der Waals surface area contributed by atoms with Crippen LogP contribution in [-0.2, 0) is 7.05 Å². The van der Waals surface area contributed by atoms with Crippen LogP contribution in [0.1, 0.15) is 54.8 Å². The third-order valence-corrected chi connectivity index (χ3v) is 5.28. The number of halogens is 1. The summed E-state index contributed by atoms with van der Waals surface area (Å²) in [5.41, 5.74) is -0.250. The number of aryl methyl sites for hydroxylation is 1. The summed E-state index contributed by atoms with van der Waals surface area (Å²) in [6, 6.07) is 4.02. The number of likely N-dealkylation sites (tertiary alicyclic amines) is 1. The first-order valence-corrected chi connectivity index (χ1v) is 9.47. The highest BCUT2D eigenvalue weighted by atomic mass is 35.5. The molecule has 1 amide bonds. The highest BCUT2D eigenvalue weighted by Crippen LogP contribution is 2.29. The number of rotatable bonds is 4. The molecule has 1 saturated heterocycles. The number of piperidine rings is 1. The molecule has 1 aliphatic rings. The normalized spacial score (nSPS) is 17.2. The van der Waals surface area contributed by atoms with Crippen molar-refractivity contribution in [2.75, 3.05) is 13.1 Å². The number of nitro benzene ring substituents is 1. The summed E-state index contributed by atoms with van der Waals surface area (Å²) in [7, 11) is 1.61. The van der Waals surface area contributed by atoms with E-state index >= 15 is 0 Å². The van der Waals surface area contributed by atoms with Crippen molar-refractivity contribution in [2.45, 2.75) is 38.6 Å². The average Bonchev–Trinajstić information content (AvgIpc) is 2.96. The summed E-state index contributed by atoms with van der Waals surface area (Å²) in [5.74, 6) is 0.303. The first-order chi connectivity index (χ1) is 13.2. The van der Waals surface area contributed by atoms with Gasteiger partial charge in [0.25, 0.3) is 11.6 Å². The molecule has 150 valence electrons. The van der Waals surface area contributed by atoms with Crippen molar-refractivity contribution in [1.29, 1.82) is 0 Å². The summed E-state index contributed by atoms with van der Waals surface area (Å²) in [5, 5.41) is 15.5. The Labute approximate surface area is 166 Å². The first-order valence-electron chi connectivity index (χ1n) is 9.09. The number of benzene rings is 1. The van der Waals surface area contributed by atoms with E-state index in [0.717, 1.165) is 12.8 Å². The second kappa shape index (κ2) is 7.75. The lowest BCUT2D eigenvalue weighted by molar-refractivity contribution is -0.384. The predicted molar refractivity (Wildman–Crippen MR) is 104 cm³/mol. The smallest absolute Gasteiger partial charge is 0.338 e. The quantitative estimate of drug-likeness (QED) is 0.572. The van der Waals surface area contributed by atoms with Gasteiger partial charge in [0, 0.05) is 43.7 Å². The van der Waals surface area contributed by atoms with E-state index in [0.29, 0.717) is 18.9 Å². The van der Waals surface area contributed by atoms with Gasteiger partial charge in [0.15, 0.2) is 0 Å². The lowest BCUT2D eigenvalue weighted by atomic mass is 9.96. The molecule has 0 bridgehead atoms. The van der Waals surface area contributed by atoms with E-state index in [1.54, 1.807) is 16.5 Å². The van der Waals surface area contributed by atoms with Crippen LogP contribution in [0, 0.1) is 10.1 Å². The molecule has 2 aromatic rings. The van der Waals surface area contributed by atoms with E-state index in [1.165, 1.54) is 22.9 Å². The Bertz CT molecular complexity index is 981. The minimum atomic E-state index is -0.604. The van der Waals surface area contributed by atoms with E-state index < -0.39 is 4.92 Å². The topological polar surface area (TPSA) is 103 Å². The summed E-state index contributed by atoms with van der Waals surface area (Å²) >= 11 is 5.84. The van der Waals surface area contributed by atoms with Crippen molar-refractivity contribution in [2.24, 2.45) is 7.05 Å².